The number of amides is 2. The number of nitrogens with zero attached hydrogens (tertiary/aromatic N) is 5. The lowest BCUT2D eigenvalue weighted by molar-refractivity contribution is -0.132. The summed E-state index contributed by atoms with van der Waals surface area (Å²) in [6, 6.07) is 9.51. The smallest absolute Gasteiger partial charge is 0.274 e. The summed E-state index contributed by atoms with van der Waals surface area (Å²) >= 11 is 6.29. The standard InChI is InChI=1S/C21H26ClN5O3/c1-16-14-18(21(29)26-10-12-30-13-11-26)23-27(16)15-20(28)25-8-6-24(7-9-25)19-5-3-2-4-17(19)22/h2-5,14H,6-13,15H2,1H3. The molecule has 0 saturated carbocycles. The Labute approximate surface area is 180 Å². The zero-order valence-corrected chi connectivity index (χ0v) is 17.8. The molecule has 0 N–H and O–H groups in total. The summed E-state index contributed by atoms with van der Waals surface area (Å²) in [4.78, 5) is 31.2. The van der Waals surface area contributed by atoms with Crippen molar-refractivity contribution in [2.45, 2.75) is 13.5 Å². The van der Waals surface area contributed by atoms with Gasteiger partial charge in [-0.25, -0.2) is 0 Å². The van der Waals surface area contributed by atoms with Gasteiger partial charge in [-0.1, -0.05) is 23.7 Å². The van der Waals surface area contributed by atoms with Crippen LogP contribution >= 0.6 is 11.6 Å². The first-order chi connectivity index (χ1) is 14.5. The molecule has 0 radical (unpaired) electrons. The summed E-state index contributed by atoms with van der Waals surface area (Å²) in [5.74, 6) is -0.105. The summed E-state index contributed by atoms with van der Waals surface area (Å²) in [5, 5.41) is 5.13. The summed E-state index contributed by atoms with van der Waals surface area (Å²) in [5.41, 5.74) is 2.18. The van der Waals surface area contributed by atoms with Gasteiger partial charge >= 0.3 is 0 Å². The third-order valence-corrected chi connectivity index (χ3v) is 5.93. The van der Waals surface area contributed by atoms with Crippen LogP contribution in [0, 0.1) is 6.92 Å². The Morgan fingerprint density at radius 2 is 1.73 bits per heavy atom. The lowest BCUT2D eigenvalue weighted by Crippen LogP contribution is -2.49. The van der Waals surface area contributed by atoms with Crippen LogP contribution in [0.5, 0.6) is 0 Å². The third-order valence-electron chi connectivity index (χ3n) is 5.61. The van der Waals surface area contributed by atoms with E-state index in [4.69, 9.17) is 16.3 Å². The van der Waals surface area contributed by atoms with Gasteiger partial charge in [0, 0.05) is 45.0 Å². The summed E-state index contributed by atoms with van der Waals surface area (Å²) in [6.45, 7) is 6.95. The number of para-hydroxylation sites is 1. The van der Waals surface area contributed by atoms with Crippen molar-refractivity contribution in [2.24, 2.45) is 0 Å². The molecule has 0 spiro atoms. The Hall–Kier alpha value is -2.58. The number of piperazine rings is 1. The van der Waals surface area contributed by atoms with Crippen LogP contribution < -0.4 is 4.90 Å². The third kappa shape index (κ3) is 4.44. The molecular weight excluding hydrogens is 406 g/mol. The monoisotopic (exact) mass is 431 g/mol. The highest BCUT2D eigenvalue weighted by molar-refractivity contribution is 6.33. The second-order valence-electron chi connectivity index (χ2n) is 7.55. The molecule has 2 aromatic rings. The molecule has 0 unspecified atom stereocenters. The Morgan fingerprint density at radius 3 is 2.43 bits per heavy atom. The minimum absolute atomic E-state index is 0.00498. The highest BCUT2D eigenvalue weighted by Gasteiger charge is 2.25. The minimum Gasteiger partial charge on any atom is -0.378 e. The summed E-state index contributed by atoms with van der Waals surface area (Å²) < 4.78 is 6.92. The fraction of sp³-hybridized carbons (Fsp3) is 0.476. The van der Waals surface area contributed by atoms with Gasteiger partial charge in [0.25, 0.3) is 5.91 Å². The van der Waals surface area contributed by atoms with Crippen molar-refractivity contribution in [1.82, 2.24) is 19.6 Å². The predicted molar refractivity (Wildman–Crippen MR) is 114 cm³/mol. The van der Waals surface area contributed by atoms with Crippen LogP contribution in [0.4, 0.5) is 5.69 Å². The van der Waals surface area contributed by atoms with E-state index < -0.39 is 0 Å². The van der Waals surface area contributed by atoms with Gasteiger partial charge in [-0.05, 0) is 25.1 Å². The molecule has 0 bridgehead atoms. The number of morpholine rings is 1. The van der Waals surface area contributed by atoms with Crippen molar-refractivity contribution in [3.63, 3.8) is 0 Å². The molecule has 4 rings (SSSR count). The minimum atomic E-state index is -0.110. The van der Waals surface area contributed by atoms with E-state index in [0.717, 1.165) is 29.5 Å². The highest BCUT2D eigenvalue weighted by Crippen LogP contribution is 2.26. The number of ether oxygens (including phenoxy) is 1. The van der Waals surface area contributed by atoms with Crippen molar-refractivity contribution >= 4 is 29.1 Å². The number of aryl methyl sites for hydroxylation is 1. The maximum Gasteiger partial charge on any atom is 0.274 e. The van der Waals surface area contributed by atoms with E-state index in [1.807, 2.05) is 36.1 Å². The number of anilines is 1. The molecule has 2 fully saturated rings. The molecule has 3 heterocycles. The van der Waals surface area contributed by atoms with E-state index >= 15 is 0 Å². The lowest BCUT2D eigenvalue weighted by Gasteiger charge is -2.36. The molecule has 0 aliphatic carbocycles. The fourth-order valence-corrected chi connectivity index (χ4v) is 4.09. The number of rotatable bonds is 4. The topological polar surface area (TPSA) is 70.9 Å². The van der Waals surface area contributed by atoms with Crippen LogP contribution in [0.15, 0.2) is 30.3 Å². The molecule has 2 amide bonds. The van der Waals surface area contributed by atoms with Crippen LogP contribution in [0.2, 0.25) is 5.02 Å². The molecule has 0 atom stereocenters. The van der Waals surface area contributed by atoms with Crippen molar-refractivity contribution in [3.05, 3.63) is 46.7 Å². The molecule has 1 aromatic carbocycles. The largest absolute Gasteiger partial charge is 0.378 e. The van der Waals surface area contributed by atoms with E-state index in [1.54, 1.807) is 15.6 Å². The van der Waals surface area contributed by atoms with Gasteiger partial charge < -0.3 is 19.4 Å². The molecule has 8 nitrogen and oxygen atoms in total. The average molecular weight is 432 g/mol. The maximum absolute atomic E-state index is 12.8. The van der Waals surface area contributed by atoms with E-state index in [-0.39, 0.29) is 18.4 Å². The SMILES string of the molecule is Cc1cc(C(=O)N2CCOCC2)nn1CC(=O)N1CCN(c2ccccc2Cl)CC1. The Kier molecular flexibility index (Phi) is 6.24. The van der Waals surface area contributed by atoms with Crippen molar-refractivity contribution < 1.29 is 14.3 Å². The van der Waals surface area contributed by atoms with E-state index in [2.05, 4.69) is 10.00 Å². The molecule has 2 aliphatic heterocycles. The second kappa shape index (κ2) is 9.06. The first kappa shape index (κ1) is 20.7. The predicted octanol–water partition coefficient (Wildman–Crippen LogP) is 1.67. The molecule has 9 heteroatoms. The number of carbonyl (C=O) groups excluding carboxylic acids is 2. The van der Waals surface area contributed by atoms with E-state index in [0.29, 0.717) is 45.1 Å². The van der Waals surface area contributed by atoms with Crippen molar-refractivity contribution in [1.29, 1.82) is 0 Å². The zero-order valence-electron chi connectivity index (χ0n) is 17.1. The molecule has 160 valence electrons. The van der Waals surface area contributed by atoms with Crippen LogP contribution in [0.25, 0.3) is 0 Å². The highest BCUT2D eigenvalue weighted by atomic mass is 35.5. The Bertz CT molecular complexity index is 917. The molecule has 2 aliphatic rings. The van der Waals surface area contributed by atoms with Crippen LogP contribution in [0.1, 0.15) is 16.2 Å². The number of halogens is 1. The van der Waals surface area contributed by atoms with Gasteiger partial charge in [0.1, 0.15) is 6.54 Å². The van der Waals surface area contributed by atoms with Gasteiger partial charge in [-0.2, -0.15) is 5.10 Å². The average Bonchev–Trinajstić information content (AvgIpc) is 3.14. The summed E-state index contributed by atoms with van der Waals surface area (Å²) in [7, 11) is 0. The van der Waals surface area contributed by atoms with Gasteiger partial charge in [0.2, 0.25) is 5.91 Å². The van der Waals surface area contributed by atoms with Gasteiger partial charge in [0.05, 0.1) is 23.9 Å². The molecule has 2 saturated heterocycles. The number of hydrogen-bond donors (Lipinski definition) is 0. The van der Waals surface area contributed by atoms with E-state index in [9.17, 15) is 9.59 Å². The molecular formula is C21H26ClN5O3. The number of carbonyl (C=O) groups is 2. The summed E-state index contributed by atoms with van der Waals surface area (Å²) in [6.07, 6.45) is 0. The fourth-order valence-electron chi connectivity index (χ4n) is 3.84. The van der Waals surface area contributed by atoms with Crippen molar-refractivity contribution in [2.75, 3.05) is 57.4 Å². The maximum atomic E-state index is 12.8. The first-order valence-corrected chi connectivity index (χ1v) is 10.6. The van der Waals surface area contributed by atoms with E-state index in [1.165, 1.54) is 0 Å². The number of hydrogen-bond acceptors (Lipinski definition) is 5. The lowest BCUT2D eigenvalue weighted by atomic mass is 10.2. The first-order valence-electron chi connectivity index (χ1n) is 10.2. The van der Waals surface area contributed by atoms with Gasteiger partial charge in [-0.15, -0.1) is 0 Å². The van der Waals surface area contributed by atoms with Crippen LogP contribution in [-0.2, 0) is 16.1 Å². The second-order valence-corrected chi connectivity index (χ2v) is 7.96. The Morgan fingerprint density at radius 1 is 1.03 bits per heavy atom. The van der Waals surface area contributed by atoms with Gasteiger partial charge in [-0.3, -0.25) is 14.3 Å². The van der Waals surface area contributed by atoms with Crippen LogP contribution in [-0.4, -0.2) is 83.9 Å². The number of benzene rings is 1. The van der Waals surface area contributed by atoms with Crippen molar-refractivity contribution in [3.8, 4) is 0 Å². The van der Waals surface area contributed by atoms with Crippen LogP contribution in [0.3, 0.4) is 0 Å². The Balaban J connectivity index is 1.35. The quantitative estimate of drug-likeness (QED) is 0.736. The van der Waals surface area contributed by atoms with Gasteiger partial charge in [0.15, 0.2) is 5.69 Å². The molecule has 30 heavy (non-hydrogen) atoms. The number of aromatic nitrogens is 2. The normalized spacial score (nSPS) is 17.3. The zero-order chi connectivity index (χ0) is 21.1. The molecule has 1 aromatic heterocycles.